The van der Waals surface area contributed by atoms with Gasteiger partial charge < -0.3 is 10.1 Å². The molecule has 0 spiro atoms. The van der Waals surface area contributed by atoms with Crippen LogP contribution in [0.4, 0.5) is 17.8 Å². The van der Waals surface area contributed by atoms with Crippen molar-refractivity contribution in [1.29, 1.82) is 0 Å². The molecule has 9 heteroatoms. The van der Waals surface area contributed by atoms with Crippen LogP contribution < -0.4 is 15.4 Å². The largest absolute Gasteiger partial charge is 0.364 e. The van der Waals surface area contributed by atoms with Crippen LogP contribution in [0.5, 0.6) is 0 Å². The maximum absolute atomic E-state index is 9.58. The van der Waals surface area contributed by atoms with Crippen LogP contribution in [0.15, 0.2) is 0 Å². The summed E-state index contributed by atoms with van der Waals surface area (Å²) in [5.74, 6) is 0.305. The van der Waals surface area contributed by atoms with E-state index in [0.717, 1.165) is 10.1 Å². The van der Waals surface area contributed by atoms with Gasteiger partial charge in [-0.05, 0) is 13.8 Å². The first kappa shape index (κ1) is 14.4. The van der Waals surface area contributed by atoms with Gasteiger partial charge >= 0.3 is 0 Å². The zero-order chi connectivity index (χ0) is 13.5. The number of anilines is 3. The van der Waals surface area contributed by atoms with E-state index >= 15 is 0 Å². The second-order valence-corrected chi connectivity index (χ2v) is 3.30. The number of methoxy groups -OCH3 is 1. The Morgan fingerprint density at radius 1 is 1.06 bits per heavy atom. The number of nitrogens with zero attached hydrogens (tertiary/aromatic N) is 5. The Bertz CT molecular complexity index is 349. The molecule has 3 N–H and O–H groups in total. The van der Waals surface area contributed by atoms with Crippen molar-refractivity contribution in [3.63, 3.8) is 0 Å². The minimum absolute atomic E-state index is 0.0496. The summed E-state index contributed by atoms with van der Waals surface area (Å²) in [7, 11) is 1.52. The van der Waals surface area contributed by atoms with Crippen molar-refractivity contribution in [1.82, 2.24) is 15.0 Å². The van der Waals surface area contributed by atoms with Gasteiger partial charge in [0.15, 0.2) is 0 Å². The summed E-state index contributed by atoms with van der Waals surface area (Å²) < 4.78 is 4.84. The van der Waals surface area contributed by atoms with Crippen LogP contribution in [0, 0.1) is 0 Å². The van der Waals surface area contributed by atoms with E-state index in [-0.39, 0.29) is 24.6 Å². The monoisotopic (exact) mass is 258 g/mol. The topological polar surface area (TPSA) is 107 Å². The Kier molecular flexibility index (Phi) is 5.49. The Hall–Kier alpha value is -1.71. The molecule has 1 rings (SSSR count). The summed E-state index contributed by atoms with van der Waals surface area (Å²) in [4.78, 5) is 11.9. The lowest BCUT2D eigenvalue weighted by Crippen LogP contribution is -2.25. The molecule has 9 nitrogen and oxygen atoms in total. The molecule has 0 radical (unpaired) electrons. The van der Waals surface area contributed by atoms with Gasteiger partial charge in [-0.15, -0.1) is 0 Å². The van der Waals surface area contributed by atoms with Crippen LogP contribution in [0.1, 0.15) is 13.8 Å². The lowest BCUT2D eigenvalue weighted by Gasteiger charge is -2.17. The predicted molar refractivity (Wildman–Crippen MR) is 64.9 cm³/mol. The second kappa shape index (κ2) is 6.89. The molecule has 0 saturated carbocycles. The van der Waals surface area contributed by atoms with E-state index in [1.807, 2.05) is 0 Å². The van der Waals surface area contributed by atoms with Gasteiger partial charge in [-0.2, -0.15) is 15.0 Å². The molecule has 18 heavy (non-hydrogen) atoms. The summed E-state index contributed by atoms with van der Waals surface area (Å²) >= 11 is 0. The maximum atomic E-state index is 9.58. The molecular weight excluding hydrogens is 240 g/mol. The van der Waals surface area contributed by atoms with E-state index in [1.165, 1.54) is 7.11 Å². The van der Waals surface area contributed by atoms with E-state index in [4.69, 9.17) is 4.74 Å². The number of aromatic nitrogens is 3. The highest BCUT2D eigenvalue weighted by Gasteiger charge is 2.13. The van der Waals surface area contributed by atoms with Crippen LogP contribution in [-0.2, 0) is 4.74 Å². The quantitative estimate of drug-likeness (QED) is 0.470. The summed E-state index contributed by atoms with van der Waals surface area (Å²) in [5, 5.41) is 23.6. The first-order valence-electron chi connectivity index (χ1n) is 5.54. The molecule has 0 fully saturated rings. The number of ether oxygens (including phenoxy) is 1. The van der Waals surface area contributed by atoms with Crippen LogP contribution >= 0.6 is 0 Å². The fourth-order valence-electron chi connectivity index (χ4n) is 1.08. The third kappa shape index (κ3) is 3.65. The van der Waals surface area contributed by atoms with Gasteiger partial charge in [0.1, 0.15) is 6.73 Å². The molecule has 1 heterocycles. The smallest absolute Gasteiger partial charge is 0.256 e. The number of hydrogen-bond donors (Lipinski definition) is 3. The van der Waals surface area contributed by atoms with Crippen molar-refractivity contribution in [3.05, 3.63) is 0 Å². The van der Waals surface area contributed by atoms with Crippen molar-refractivity contribution < 1.29 is 15.2 Å². The maximum Gasteiger partial charge on any atom is 0.256 e. The molecule has 1 aromatic rings. The molecule has 0 unspecified atom stereocenters. The zero-order valence-electron chi connectivity index (χ0n) is 10.7. The third-order valence-corrected chi connectivity index (χ3v) is 2.05. The first-order valence-corrected chi connectivity index (χ1v) is 5.54. The van der Waals surface area contributed by atoms with Gasteiger partial charge in [0.05, 0.1) is 0 Å². The average Bonchev–Trinajstić information content (AvgIpc) is 2.42. The number of rotatable bonds is 7. The molecule has 0 bridgehead atoms. The summed E-state index contributed by atoms with van der Waals surface area (Å²) in [6.07, 6.45) is 0. The molecule has 0 aliphatic carbocycles. The first-order chi connectivity index (χ1) is 8.62. The molecule has 0 atom stereocenters. The Morgan fingerprint density at radius 3 is 1.94 bits per heavy atom. The van der Waals surface area contributed by atoms with Crippen LogP contribution in [0.2, 0.25) is 0 Å². The minimum Gasteiger partial charge on any atom is -0.364 e. The predicted octanol–water partition coefficient (Wildman–Crippen LogP) is 0.318. The van der Waals surface area contributed by atoms with E-state index < -0.39 is 0 Å². The van der Waals surface area contributed by atoms with Crippen LogP contribution in [0.25, 0.3) is 0 Å². The SMILES string of the molecule is CCN(O)c1nc(NCOC)nc(N(O)CC)n1. The molecular formula is C9H18N6O3. The van der Waals surface area contributed by atoms with Gasteiger partial charge in [-0.3, -0.25) is 10.4 Å². The second-order valence-electron chi connectivity index (χ2n) is 3.30. The highest BCUT2D eigenvalue weighted by Crippen LogP contribution is 2.14. The summed E-state index contributed by atoms with van der Waals surface area (Å²) in [6.45, 7) is 4.30. The standard InChI is InChI=1S/C9H18N6O3/c1-4-14(16)8-11-7(10-6-18-3)12-9(13-8)15(17)5-2/h16-17H,4-6H2,1-3H3,(H,10,11,12,13). The molecule has 0 amide bonds. The Labute approximate surface area is 105 Å². The Balaban J connectivity index is 3.03. The minimum atomic E-state index is 0.0496. The fourth-order valence-corrected chi connectivity index (χ4v) is 1.08. The van der Waals surface area contributed by atoms with Crippen molar-refractivity contribution in [3.8, 4) is 0 Å². The number of hydrogen-bond acceptors (Lipinski definition) is 9. The van der Waals surface area contributed by atoms with Gasteiger partial charge in [-0.1, -0.05) is 0 Å². The normalized spacial score (nSPS) is 10.3. The highest BCUT2D eigenvalue weighted by molar-refractivity contribution is 5.42. The summed E-state index contributed by atoms with van der Waals surface area (Å²) in [5.41, 5.74) is 0. The van der Waals surface area contributed by atoms with Gasteiger partial charge in [-0.25, -0.2) is 10.1 Å². The van der Waals surface area contributed by atoms with Crippen molar-refractivity contribution in [2.24, 2.45) is 0 Å². The molecule has 0 aromatic carbocycles. The van der Waals surface area contributed by atoms with Gasteiger partial charge in [0.2, 0.25) is 5.95 Å². The molecule has 0 aliphatic heterocycles. The lowest BCUT2D eigenvalue weighted by molar-refractivity contribution is 0.220. The fraction of sp³-hybridized carbons (Fsp3) is 0.667. The molecule has 102 valence electrons. The molecule has 0 aliphatic rings. The van der Waals surface area contributed by atoms with E-state index in [1.54, 1.807) is 13.8 Å². The third-order valence-electron chi connectivity index (χ3n) is 2.05. The van der Waals surface area contributed by atoms with Crippen molar-refractivity contribution in [2.45, 2.75) is 13.8 Å². The molecule has 0 saturated heterocycles. The number of hydroxylamine groups is 2. The van der Waals surface area contributed by atoms with E-state index in [2.05, 4.69) is 20.3 Å². The van der Waals surface area contributed by atoms with E-state index in [0.29, 0.717) is 13.1 Å². The van der Waals surface area contributed by atoms with Crippen LogP contribution in [0.3, 0.4) is 0 Å². The van der Waals surface area contributed by atoms with Gasteiger partial charge in [0, 0.05) is 20.2 Å². The number of nitrogens with one attached hydrogen (secondary N) is 1. The zero-order valence-corrected chi connectivity index (χ0v) is 10.7. The molecule has 1 aromatic heterocycles. The van der Waals surface area contributed by atoms with Crippen LogP contribution in [-0.4, -0.2) is 52.3 Å². The highest BCUT2D eigenvalue weighted by atomic mass is 16.5. The van der Waals surface area contributed by atoms with E-state index in [9.17, 15) is 10.4 Å². The average molecular weight is 258 g/mol. The Morgan fingerprint density at radius 2 is 1.56 bits per heavy atom. The van der Waals surface area contributed by atoms with Crippen molar-refractivity contribution >= 4 is 17.8 Å². The van der Waals surface area contributed by atoms with Gasteiger partial charge in [0.25, 0.3) is 11.9 Å². The lowest BCUT2D eigenvalue weighted by atomic mass is 10.6. The van der Waals surface area contributed by atoms with Crippen molar-refractivity contribution in [2.75, 3.05) is 42.4 Å². The summed E-state index contributed by atoms with van der Waals surface area (Å²) in [6, 6.07) is 0.